The Kier molecular flexibility index (Phi) is 3.23. The van der Waals surface area contributed by atoms with E-state index in [-0.39, 0.29) is 12.0 Å². The third kappa shape index (κ3) is 2.23. The van der Waals surface area contributed by atoms with E-state index < -0.39 is 11.8 Å². The quantitative estimate of drug-likeness (QED) is 0.802. The zero-order valence-corrected chi connectivity index (χ0v) is 9.88. The van der Waals surface area contributed by atoms with Gasteiger partial charge in [-0.15, -0.1) is 0 Å². The van der Waals surface area contributed by atoms with E-state index in [1.807, 2.05) is 11.8 Å². The summed E-state index contributed by atoms with van der Waals surface area (Å²) in [7, 11) is 0. The molecule has 0 unspecified atom stereocenters. The van der Waals surface area contributed by atoms with Crippen molar-refractivity contribution >= 4 is 0 Å². The first kappa shape index (κ1) is 12.2. The predicted molar refractivity (Wildman–Crippen MR) is 58.8 cm³/mol. The van der Waals surface area contributed by atoms with Gasteiger partial charge in [0.1, 0.15) is 11.8 Å². The van der Waals surface area contributed by atoms with Gasteiger partial charge >= 0.3 is 0 Å². The van der Waals surface area contributed by atoms with Gasteiger partial charge in [0.05, 0.1) is 6.61 Å². The molecule has 1 saturated heterocycles. The molecule has 94 valence electrons. The van der Waals surface area contributed by atoms with Crippen LogP contribution in [0.15, 0.2) is 0 Å². The maximum absolute atomic E-state index is 13.9. The fraction of sp³-hybridized carbons (Fsp3) is 1.00. The molecule has 2 aliphatic rings. The van der Waals surface area contributed by atoms with E-state index in [2.05, 4.69) is 0 Å². The highest BCUT2D eigenvalue weighted by Gasteiger charge is 2.54. The van der Waals surface area contributed by atoms with Crippen molar-refractivity contribution in [2.45, 2.75) is 44.4 Å². The molecule has 0 aromatic carbocycles. The highest BCUT2D eigenvalue weighted by Crippen LogP contribution is 2.53. The van der Waals surface area contributed by atoms with Crippen LogP contribution in [-0.4, -0.2) is 48.1 Å². The van der Waals surface area contributed by atoms with Crippen LogP contribution in [0, 0.1) is 5.41 Å². The molecule has 0 spiro atoms. The van der Waals surface area contributed by atoms with Gasteiger partial charge in [0.2, 0.25) is 0 Å². The molecule has 1 atom stereocenters. The smallest absolute Gasteiger partial charge is 0.114 e. The molecule has 1 N–H and O–H groups in total. The first-order chi connectivity index (χ1) is 7.51. The Labute approximate surface area is 95.6 Å². The number of hydrogen-bond acceptors (Lipinski definition) is 2. The molecule has 0 radical (unpaired) electrons. The van der Waals surface area contributed by atoms with Crippen LogP contribution in [0.2, 0.25) is 0 Å². The number of halogens is 2. The van der Waals surface area contributed by atoms with Crippen LogP contribution >= 0.6 is 0 Å². The van der Waals surface area contributed by atoms with Crippen LogP contribution in [0.4, 0.5) is 8.78 Å². The van der Waals surface area contributed by atoms with E-state index in [1.54, 1.807) is 0 Å². The summed E-state index contributed by atoms with van der Waals surface area (Å²) in [6.07, 6.45) is 1.22. The van der Waals surface area contributed by atoms with Gasteiger partial charge in [0.25, 0.3) is 0 Å². The second-order valence-electron chi connectivity index (χ2n) is 5.64. The highest BCUT2D eigenvalue weighted by molar-refractivity contribution is 5.05. The van der Waals surface area contributed by atoms with E-state index in [0.29, 0.717) is 38.8 Å². The van der Waals surface area contributed by atoms with Crippen LogP contribution in [0.3, 0.4) is 0 Å². The van der Waals surface area contributed by atoms with Gasteiger partial charge in [-0.25, -0.2) is 8.78 Å². The van der Waals surface area contributed by atoms with Crippen LogP contribution in [0.5, 0.6) is 0 Å². The number of nitrogens with zero attached hydrogens (tertiary/aromatic N) is 1. The number of alkyl halides is 2. The van der Waals surface area contributed by atoms with E-state index in [9.17, 15) is 13.9 Å². The number of aliphatic hydroxyl groups excluding tert-OH is 1. The lowest BCUT2D eigenvalue weighted by Gasteiger charge is -2.52. The van der Waals surface area contributed by atoms with Gasteiger partial charge in [0.15, 0.2) is 0 Å². The van der Waals surface area contributed by atoms with Gasteiger partial charge in [-0.3, -0.25) is 4.90 Å². The molecule has 16 heavy (non-hydrogen) atoms. The largest absolute Gasteiger partial charge is 0.396 e. The topological polar surface area (TPSA) is 23.5 Å². The molecular weight excluding hydrogens is 212 g/mol. The van der Waals surface area contributed by atoms with Gasteiger partial charge in [-0.2, -0.15) is 0 Å². The van der Waals surface area contributed by atoms with Crippen LogP contribution in [-0.2, 0) is 0 Å². The highest BCUT2D eigenvalue weighted by atomic mass is 19.1. The van der Waals surface area contributed by atoms with Crippen molar-refractivity contribution in [2.75, 3.05) is 26.2 Å². The molecule has 1 heterocycles. The summed E-state index contributed by atoms with van der Waals surface area (Å²) in [4.78, 5) is 2.02. The average molecular weight is 233 g/mol. The molecule has 0 aromatic rings. The minimum absolute atomic E-state index is 0.0200. The van der Waals surface area contributed by atoms with E-state index in [4.69, 9.17) is 0 Å². The number of hydrogen-bond donors (Lipinski definition) is 1. The van der Waals surface area contributed by atoms with Crippen molar-refractivity contribution in [1.29, 1.82) is 0 Å². The zero-order valence-electron chi connectivity index (χ0n) is 9.88. The third-order valence-electron chi connectivity index (χ3n) is 4.13. The van der Waals surface area contributed by atoms with E-state index in [0.717, 1.165) is 6.54 Å². The van der Waals surface area contributed by atoms with E-state index in [1.165, 1.54) is 0 Å². The first-order valence-corrected chi connectivity index (χ1v) is 6.17. The van der Waals surface area contributed by atoms with Crippen molar-refractivity contribution in [1.82, 2.24) is 4.90 Å². The molecule has 4 heteroatoms. The standard InChI is InChI=1S/C12H21F2NO/c1-2-12(14)6-11(7-12,9-16)8-15-4-3-10(13)5-15/h10,16H,2-9H2,1H3/t10-,11?,12?/m1/s1. The molecule has 0 amide bonds. The Hall–Kier alpha value is -0.220. The Morgan fingerprint density at radius 1 is 1.44 bits per heavy atom. The molecule has 2 nitrogen and oxygen atoms in total. The molecule has 2 rings (SSSR count). The number of rotatable bonds is 4. The zero-order chi connectivity index (χ0) is 11.8. The lowest BCUT2D eigenvalue weighted by molar-refractivity contribution is -0.110. The summed E-state index contributed by atoms with van der Waals surface area (Å²) in [5.74, 6) is 0. The monoisotopic (exact) mass is 233 g/mol. The summed E-state index contributed by atoms with van der Waals surface area (Å²) in [6.45, 7) is 3.71. The van der Waals surface area contributed by atoms with Crippen LogP contribution in [0.1, 0.15) is 32.6 Å². The molecule has 1 aliphatic heterocycles. The van der Waals surface area contributed by atoms with Crippen LogP contribution < -0.4 is 0 Å². The van der Waals surface area contributed by atoms with Crippen molar-refractivity contribution in [3.63, 3.8) is 0 Å². The second kappa shape index (κ2) is 4.22. The molecule has 0 aromatic heterocycles. The Morgan fingerprint density at radius 2 is 2.12 bits per heavy atom. The Balaban J connectivity index is 1.88. The summed E-state index contributed by atoms with van der Waals surface area (Å²) < 4.78 is 26.9. The second-order valence-corrected chi connectivity index (χ2v) is 5.64. The number of likely N-dealkylation sites (tertiary alicyclic amines) is 1. The van der Waals surface area contributed by atoms with Gasteiger partial charge < -0.3 is 5.11 Å². The molecule has 0 bridgehead atoms. The Bertz CT molecular complexity index is 253. The predicted octanol–water partition coefficient (Wildman–Crippen LogP) is 1.92. The lowest BCUT2D eigenvalue weighted by Crippen LogP contribution is -2.55. The summed E-state index contributed by atoms with van der Waals surface area (Å²) >= 11 is 0. The molecule has 1 saturated carbocycles. The minimum Gasteiger partial charge on any atom is -0.396 e. The number of aliphatic hydroxyl groups is 1. The van der Waals surface area contributed by atoms with Crippen molar-refractivity contribution < 1.29 is 13.9 Å². The normalized spacial score (nSPS) is 44.6. The van der Waals surface area contributed by atoms with E-state index >= 15 is 0 Å². The Morgan fingerprint density at radius 3 is 2.56 bits per heavy atom. The maximum Gasteiger partial charge on any atom is 0.114 e. The fourth-order valence-corrected chi connectivity index (χ4v) is 3.22. The fourth-order valence-electron chi connectivity index (χ4n) is 3.22. The van der Waals surface area contributed by atoms with Gasteiger partial charge in [-0.05, 0) is 25.7 Å². The first-order valence-electron chi connectivity index (χ1n) is 6.17. The molecular formula is C12H21F2NO. The molecule has 1 aliphatic carbocycles. The maximum atomic E-state index is 13.9. The summed E-state index contributed by atoms with van der Waals surface area (Å²) in [5.41, 5.74) is -1.40. The van der Waals surface area contributed by atoms with Crippen molar-refractivity contribution in [3.05, 3.63) is 0 Å². The van der Waals surface area contributed by atoms with Crippen LogP contribution in [0.25, 0.3) is 0 Å². The summed E-state index contributed by atoms with van der Waals surface area (Å²) in [5, 5.41) is 9.40. The average Bonchev–Trinajstić information content (AvgIpc) is 2.61. The SMILES string of the molecule is CCC1(F)CC(CO)(CN2CC[C@@H](F)C2)C1. The van der Waals surface area contributed by atoms with Gasteiger partial charge in [-0.1, -0.05) is 6.92 Å². The third-order valence-corrected chi connectivity index (χ3v) is 4.13. The summed E-state index contributed by atoms with van der Waals surface area (Å²) in [6, 6.07) is 0. The van der Waals surface area contributed by atoms with Crippen molar-refractivity contribution in [2.24, 2.45) is 5.41 Å². The molecule has 2 fully saturated rings. The van der Waals surface area contributed by atoms with Crippen molar-refractivity contribution in [3.8, 4) is 0 Å². The lowest BCUT2D eigenvalue weighted by atomic mass is 9.59. The van der Waals surface area contributed by atoms with Gasteiger partial charge in [0, 0.05) is 25.0 Å². The minimum atomic E-state index is -1.09.